The van der Waals surface area contributed by atoms with Crippen molar-refractivity contribution in [2.75, 3.05) is 17.2 Å². The molecule has 0 fully saturated rings. The average molecular weight is 340 g/mol. The van der Waals surface area contributed by atoms with Crippen molar-refractivity contribution in [3.8, 4) is 5.75 Å². The highest BCUT2D eigenvalue weighted by molar-refractivity contribution is 6.04. The molecule has 0 aliphatic rings. The van der Waals surface area contributed by atoms with Crippen LogP contribution < -0.4 is 15.4 Å². The largest absolute Gasteiger partial charge is 0.494 e. The smallest absolute Gasteiger partial charge is 0.255 e. The molecular weight excluding hydrogens is 316 g/mol. The van der Waals surface area contributed by atoms with Gasteiger partial charge in [0.1, 0.15) is 5.75 Å². The number of anilines is 2. The van der Waals surface area contributed by atoms with Crippen LogP contribution in [0, 0.1) is 0 Å². The lowest BCUT2D eigenvalue weighted by molar-refractivity contribution is -0.115. The van der Waals surface area contributed by atoms with Crippen molar-refractivity contribution in [3.63, 3.8) is 0 Å². The van der Waals surface area contributed by atoms with Gasteiger partial charge in [0.25, 0.3) is 5.91 Å². The average Bonchev–Trinajstić information content (AvgIpc) is 2.62. The molecule has 0 radical (unpaired) electrons. The molecule has 5 heteroatoms. The number of carbonyl (C=O) groups excluding carboxylic acids is 2. The van der Waals surface area contributed by atoms with Crippen molar-refractivity contribution >= 4 is 23.2 Å². The number of ether oxygens (including phenoxy) is 1. The molecule has 2 aromatic carbocycles. The summed E-state index contributed by atoms with van der Waals surface area (Å²) in [6.45, 7) is 4.58. The van der Waals surface area contributed by atoms with E-state index in [9.17, 15) is 9.59 Å². The first kappa shape index (κ1) is 18.5. The molecule has 132 valence electrons. The second kappa shape index (κ2) is 9.47. The fourth-order valence-corrected chi connectivity index (χ4v) is 2.16. The Morgan fingerprint density at radius 2 is 1.64 bits per heavy atom. The second-order valence-electron chi connectivity index (χ2n) is 5.66. The lowest BCUT2D eigenvalue weighted by atomic mass is 10.2. The first-order chi connectivity index (χ1) is 12.1. The fourth-order valence-electron chi connectivity index (χ4n) is 2.16. The van der Waals surface area contributed by atoms with E-state index in [-0.39, 0.29) is 11.8 Å². The number of carbonyl (C=O) groups is 2. The molecule has 2 aromatic rings. The van der Waals surface area contributed by atoms with Gasteiger partial charge in [-0.25, -0.2) is 0 Å². The van der Waals surface area contributed by atoms with E-state index in [0.29, 0.717) is 30.0 Å². The van der Waals surface area contributed by atoms with Crippen LogP contribution in [0.4, 0.5) is 11.4 Å². The lowest BCUT2D eigenvalue weighted by Crippen LogP contribution is -2.13. The highest BCUT2D eigenvalue weighted by Crippen LogP contribution is 2.18. The maximum atomic E-state index is 12.3. The Morgan fingerprint density at radius 1 is 0.960 bits per heavy atom. The van der Waals surface area contributed by atoms with Gasteiger partial charge in [0, 0.05) is 23.4 Å². The van der Waals surface area contributed by atoms with Crippen LogP contribution in [0.2, 0.25) is 0 Å². The minimum Gasteiger partial charge on any atom is -0.494 e. The van der Waals surface area contributed by atoms with Crippen molar-refractivity contribution in [2.45, 2.75) is 33.1 Å². The third-order valence-corrected chi connectivity index (χ3v) is 3.61. The Hall–Kier alpha value is -2.82. The fraction of sp³-hybridized carbons (Fsp3) is 0.300. The topological polar surface area (TPSA) is 67.4 Å². The van der Waals surface area contributed by atoms with Crippen LogP contribution in [-0.2, 0) is 4.79 Å². The maximum Gasteiger partial charge on any atom is 0.255 e. The molecule has 0 saturated heterocycles. The van der Waals surface area contributed by atoms with E-state index in [1.165, 1.54) is 0 Å². The van der Waals surface area contributed by atoms with Crippen LogP contribution in [0.3, 0.4) is 0 Å². The number of nitrogens with one attached hydrogen (secondary N) is 2. The van der Waals surface area contributed by atoms with Crippen LogP contribution in [0.25, 0.3) is 0 Å². The third kappa shape index (κ3) is 5.95. The molecule has 0 unspecified atom stereocenters. The van der Waals surface area contributed by atoms with E-state index < -0.39 is 0 Å². The molecule has 0 aromatic heterocycles. The first-order valence-corrected chi connectivity index (χ1v) is 8.56. The van der Waals surface area contributed by atoms with Crippen molar-refractivity contribution in [2.24, 2.45) is 0 Å². The highest BCUT2D eigenvalue weighted by atomic mass is 16.5. The van der Waals surface area contributed by atoms with E-state index in [1.54, 1.807) is 55.5 Å². The van der Waals surface area contributed by atoms with Crippen LogP contribution >= 0.6 is 0 Å². The standard InChI is InChI=1S/C20H24N2O3/c1-3-5-13-25-18-11-9-15(10-12-18)20(24)22-17-8-6-7-16(14-17)21-19(23)4-2/h6-12,14H,3-5,13H2,1-2H3,(H,21,23)(H,22,24). The molecule has 0 aliphatic carbocycles. The summed E-state index contributed by atoms with van der Waals surface area (Å²) in [6.07, 6.45) is 2.49. The second-order valence-corrected chi connectivity index (χ2v) is 5.66. The van der Waals surface area contributed by atoms with Gasteiger partial charge in [0.15, 0.2) is 0 Å². The normalized spacial score (nSPS) is 10.2. The van der Waals surface area contributed by atoms with Crippen LogP contribution in [0.5, 0.6) is 5.75 Å². The molecular formula is C20H24N2O3. The highest BCUT2D eigenvalue weighted by Gasteiger charge is 2.07. The third-order valence-electron chi connectivity index (χ3n) is 3.61. The van der Waals surface area contributed by atoms with Gasteiger partial charge < -0.3 is 15.4 Å². The molecule has 5 nitrogen and oxygen atoms in total. The summed E-state index contributed by atoms with van der Waals surface area (Å²) >= 11 is 0. The summed E-state index contributed by atoms with van der Waals surface area (Å²) in [6, 6.07) is 14.1. The molecule has 0 saturated carbocycles. The minimum absolute atomic E-state index is 0.0675. The van der Waals surface area contributed by atoms with E-state index in [4.69, 9.17) is 4.74 Å². The van der Waals surface area contributed by atoms with Crippen LogP contribution in [0.15, 0.2) is 48.5 Å². The van der Waals surface area contributed by atoms with Crippen LogP contribution in [0.1, 0.15) is 43.5 Å². The van der Waals surface area contributed by atoms with Gasteiger partial charge in [0.2, 0.25) is 5.91 Å². The summed E-state index contributed by atoms with van der Waals surface area (Å²) in [4.78, 5) is 23.8. The van der Waals surface area contributed by atoms with Crippen molar-refractivity contribution < 1.29 is 14.3 Å². The Bertz CT molecular complexity index is 711. The van der Waals surface area contributed by atoms with Gasteiger partial charge in [-0.05, 0) is 48.9 Å². The van der Waals surface area contributed by atoms with Crippen molar-refractivity contribution in [1.82, 2.24) is 0 Å². The Morgan fingerprint density at radius 3 is 2.28 bits per heavy atom. The van der Waals surface area contributed by atoms with Gasteiger partial charge in [0.05, 0.1) is 6.61 Å². The zero-order chi connectivity index (χ0) is 18.1. The summed E-state index contributed by atoms with van der Waals surface area (Å²) in [5, 5.41) is 5.60. The number of hydrogen-bond donors (Lipinski definition) is 2. The van der Waals surface area contributed by atoms with Crippen molar-refractivity contribution in [1.29, 1.82) is 0 Å². The predicted octanol–water partition coefficient (Wildman–Crippen LogP) is 4.47. The molecule has 2 amide bonds. The minimum atomic E-state index is -0.209. The van der Waals surface area contributed by atoms with E-state index in [1.807, 2.05) is 0 Å². The number of rotatable bonds is 8. The van der Waals surface area contributed by atoms with Crippen molar-refractivity contribution in [3.05, 3.63) is 54.1 Å². The summed E-state index contributed by atoms with van der Waals surface area (Å²) < 4.78 is 5.59. The van der Waals surface area contributed by atoms with Gasteiger partial charge in [-0.15, -0.1) is 0 Å². The Balaban J connectivity index is 1.97. The van der Waals surface area contributed by atoms with E-state index >= 15 is 0 Å². The first-order valence-electron chi connectivity index (χ1n) is 8.56. The van der Waals surface area contributed by atoms with Gasteiger partial charge in [-0.3, -0.25) is 9.59 Å². The van der Waals surface area contributed by atoms with E-state index in [2.05, 4.69) is 17.6 Å². The predicted molar refractivity (Wildman–Crippen MR) is 100 cm³/mol. The van der Waals surface area contributed by atoms with Crippen LogP contribution in [-0.4, -0.2) is 18.4 Å². The van der Waals surface area contributed by atoms with Gasteiger partial charge >= 0.3 is 0 Å². The molecule has 0 atom stereocenters. The Labute approximate surface area is 148 Å². The number of benzene rings is 2. The zero-order valence-corrected chi connectivity index (χ0v) is 14.7. The molecule has 0 aliphatic heterocycles. The monoisotopic (exact) mass is 340 g/mol. The molecule has 25 heavy (non-hydrogen) atoms. The Kier molecular flexibility index (Phi) is 7.01. The molecule has 2 rings (SSSR count). The summed E-state index contributed by atoms with van der Waals surface area (Å²) in [7, 11) is 0. The lowest BCUT2D eigenvalue weighted by Gasteiger charge is -2.09. The quantitative estimate of drug-likeness (QED) is 0.697. The van der Waals surface area contributed by atoms with Gasteiger partial charge in [-0.2, -0.15) is 0 Å². The molecule has 0 heterocycles. The SMILES string of the molecule is CCCCOc1ccc(C(=O)Nc2cccc(NC(=O)CC)c2)cc1. The summed E-state index contributed by atoms with van der Waals surface area (Å²) in [5.41, 5.74) is 1.83. The summed E-state index contributed by atoms with van der Waals surface area (Å²) in [5.74, 6) is 0.482. The zero-order valence-electron chi connectivity index (χ0n) is 14.7. The maximum absolute atomic E-state index is 12.3. The number of unbranched alkanes of at least 4 members (excludes halogenated alkanes) is 1. The molecule has 0 bridgehead atoms. The molecule has 0 spiro atoms. The number of hydrogen-bond acceptors (Lipinski definition) is 3. The van der Waals surface area contributed by atoms with E-state index in [0.717, 1.165) is 18.6 Å². The van der Waals surface area contributed by atoms with Gasteiger partial charge in [-0.1, -0.05) is 26.3 Å². The molecule has 2 N–H and O–H groups in total. The number of amides is 2.